The maximum Gasteiger partial charge on any atom is 0.330 e. The van der Waals surface area contributed by atoms with E-state index in [9.17, 15) is 22.8 Å². The minimum Gasteiger partial charge on any atom is -0.497 e. The van der Waals surface area contributed by atoms with Gasteiger partial charge in [-0.3, -0.25) is 9.59 Å². The molecule has 4 rings (SSSR count). The number of hydrogen-bond acceptors (Lipinski definition) is 7. The molecule has 0 radical (unpaired) electrons. The fourth-order valence-electron chi connectivity index (χ4n) is 4.68. The molecule has 228 valence electrons. The van der Waals surface area contributed by atoms with E-state index in [-0.39, 0.29) is 6.42 Å². The molecule has 0 bridgehead atoms. The SMILES string of the molecule is COc1ccc(N(C)C(=O)[C@H](Cc2ccccc2)NC(=O)NS(=O)(=O)NCC(=O)N2CCN(c3ccccc3)CC2)cc1. The largest absolute Gasteiger partial charge is 0.497 e. The Bertz CT molecular complexity index is 1480. The number of ether oxygens (including phenoxy) is 1. The van der Waals surface area contributed by atoms with Gasteiger partial charge in [-0.15, -0.1) is 0 Å². The van der Waals surface area contributed by atoms with Gasteiger partial charge >= 0.3 is 16.2 Å². The van der Waals surface area contributed by atoms with Crippen molar-refractivity contribution >= 4 is 39.4 Å². The fourth-order valence-corrected chi connectivity index (χ4v) is 5.37. The number of piperazine rings is 1. The molecule has 3 aromatic rings. The number of carbonyl (C=O) groups excluding carboxylic acids is 3. The maximum atomic E-state index is 13.4. The molecule has 3 aromatic carbocycles. The van der Waals surface area contributed by atoms with E-state index in [1.165, 1.54) is 12.0 Å². The second-order valence-corrected chi connectivity index (χ2v) is 11.4. The molecule has 1 atom stereocenters. The van der Waals surface area contributed by atoms with E-state index in [1.54, 1.807) is 60.5 Å². The summed E-state index contributed by atoms with van der Waals surface area (Å²) < 4.78 is 34.4. The molecule has 1 aliphatic rings. The summed E-state index contributed by atoms with van der Waals surface area (Å²) in [5.74, 6) is -0.246. The molecular formula is C30H36N6O6S. The van der Waals surface area contributed by atoms with Crippen molar-refractivity contribution in [2.75, 3.05) is 56.7 Å². The third-order valence-electron chi connectivity index (χ3n) is 7.07. The first kappa shape index (κ1) is 31.3. The van der Waals surface area contributed by atoms with Crippen LogP contribution in [0.2, 0.25) is 0 Å². The standard InChI is InChI=1S/C30H36N6O6S/c1-34(24-13-15-26(42-2)16-14-24)29(38)27(21-23-9-5-3-6-10-23)32-30(39)33-43(40,41)31-22-28(37)36-19-17-35(18-20-36)25-11-7-4-8-12-25/h3-16,27,31H,17-22H2,1-2H3,(H2,32,33,39)/t27-/m0/s1. The van der Waals surface area contributed by atoms with Crippen LogP contribution in [-0.2, 0) is 26.2 Å². The van der Waals surface area contributed by atoms with Gasteiger partial charge in [0.1, 0.15) is 11.8 Å². The zero-order valence-electron chi connectivity index (χ0n) is 24.1. The first-order valence-electron chi connectivity index (χ1n) is 13.8. The van der Waals surface area contributed by atoms with Crippen LogP contribution in [0.15, 0.2) is 84.9 Å². The van der Waals surface area contributed by atoms with Gasteiger partial charge in [-0.25, -0.2) is 9.52 Å². The van der Waals surface area contributed by atoms with E-state index >= 15 is 0 Å². The molecule has 3 N–H and O–H groups in total. The number of para-hydroxylation sites is 1. The Labute approximate surface area is 251 Å². The molecule has 4 amide bonds. The molecule has 1 fully saturated rings. The number of rotatable bonds is 11. The Balaban J connectivity index is 1.33. The molecule has 13 heteroatoms. The molecule has 1 heterocycles. The lowest BCUT2D eigenvalue weighted by Crippen LogP contribution is -2.55. The number of urea groups is 1. The number of anilines is 2. The summed E-state index contributed by atoms with van der Waals surface area (Å²) in [6.07, 6.45) is 0.120. The van der Waals surface area contributed by atoms with Crippen LogP contribution in [0.3, 0.4) is 0 Å². The van der Waals surface area contributed by atoms with Crippen molar-refractivity contribution in [2.24, 2.45) is 0 Å². The van der Waals surface area contributed by atoms with Gasteiger partial charge in [-0.2, -0.15) is 13.1 Å². The van der Waals surface area contributed by atoms with Gasteiger partial charge in [-0.1, -0.05) is 48.5 Å². The first-order chi connectivity index (χ1) is 20.6. The van der Waals surface area contributed by atoms with Crippen molar-refractivity contribution in [3.63, 3.8) is 0 Å². The first-order valence-corrected chi connectivity index (χ1v) is 15.2. The lowest BCUT2D eigenvalue weighted by molar-refractivity contribution is -0.130. The fraction of sp³-hybridized carbons (Fsp3) is 0.300. The van der Waals surface area contributed by atoms with Crippen LogP contribution in [0.25, 0.3) is 0 Å². The van der Waals surface area contributed by atoms with Gasteiger partial charge < -0.3 is 24.8 Å². The molecule has 1 saturated heterocycles. The van der Waals surface area contributed by atoms with Crippen LogP contribution in [0.5, 0.6) is 5.75 Å². The van der Waals surface area contributed by atoms with Crippen molar-refractivity contribution < 1.29 is 27.5 Å². The van der Waals surface area contributed by atoms with E-state index in [0.717, 1.165) is 11.3 Å². The summed E-state index contributed by atoms with van der Waals surface area (Å²) in [5.41, 5.74) is 2.39. The topological polar surface area (TPSA) is 140 Å². The van der Waals surface area contributed by atoms with Crippen molar-refractivity contribution in [1.82, 2.24) is 19.7 Å². The quantitative estimate of drug-likeness (QED) is 0.301. The third kappa shape index (κ3) is 8.93. The Morgan fingerprint density at radius 3 is 2.09 bits per heavy atom. The number of nitrogens with one attached hydrogen (secondary N) is 3. The summed E-state index contributed by atoms with van der Waals surface area (Å²) in [6, 6.07) is 23.5. The highest BCUT2D eigenvalue weighted by Gasteiger charge is 2.28. The van der Waals surface area contributed by atoms with E-state index in [1.807, 2.05) is 41.1 Å². The van der Waals surface area contributed by atoms with Gasteiger partial charge in [0.2, 0.25) is 11.8 Å². The van der Waals surface area contributed by atoms with Crippen molar-refractivity contribution in [3.8, 4) is 5.75 Å². The van der Waals surface area contributed by atoms with Gasteiger partial charge in [0.25, 0.3) is 0 Å². The molecule has 1 aliphatic heterocycles. The highest BCUT2D eigenvalue weighted by molar-refractivity contribution is 7.88. The Morgan fingerprint density at radius 2 is 1.49 bits per heavy atom. The van der Waals surface area contributed by atoms with Crippen LogP contribution in [0.1, 0.15) is 5.56 Å². The predicted molar refractivity (Wildman–Crippen MR) is 164 cm³/mol. The van der Waals surface area contributed by atoms with Crippen LogP contribution < -0.4 is 29.3 Å². The highest BCUT2D eigenvalue weighted by atomic mass is 32.2. The minimum absolute atomic E-state index is 0.120. The molecule has 0 unspecified atom stereocenters. The van der Waals surface area contributed by atoms with Gasteiger partial charge in [0.05, 0.1) is 13.7 Å². The van der Waals surface area contributed by atoms with Crippen LogP contribution in [0, 0.1) is 0 Å². The Kier molecular flexibility index (Phi) is 10.6. The zero-order valence-corrected chi connectivity index (χ0v) is 24.9. The summed E-state index contributed by atoms with van der Waals surface area (Å²) in [4.78, 5) is 44.0. The normalized spacial score (nSPS) is 14.0. The van der Waals surface area contributed by atoms with E-state index < -0.39 is 40.6 Å². The number of nitrogens with zero attached hydrogens (tertiary/aromatic N) is 3. The Hall–Kier alpha value is -4.62. The zero-order chi connectivity index (χ0) is 30.8. The van der Waals surface area contributed by atoms with E-state index in [0.29, 0.717) is 37.6 Å². The highest BCUT2D eigenvalue weighted by Crippen LogP contribution is 2.20. The van der Waals surface area contributed by atoms with Crippen LogP contribution in [0.4, 0.5) is 16.2 Å². The summed E-state index contributed by atoms with van der Waals surface area (Å²) in [5, 5.41) is 2.48. The van der Waals surface area contributed by atoms with Gasteiger partial charge in [-0.05, 0) is 42.0 Å². The number of benzene rings is 3. The number of likely N-dealkylation sites (N-methyl/N-ethyl adjacent to an activating group) is 1. The lowest BCUT2D eigenvalue weighted by Gasteiger charge is -2.36. The number of carbonyl (C=O) groups is 3. The average molecular weight is 609 g/mol. The Morgan fingerprint density at radius 1 is 0.884 bits per heavy atom. The summed E-state index contributed by atoms with van der Waals surface area (Å²) in [7, 11) is -1.30. The summed E-state index contributed by atoms with van der Waals surface area (Å²) in [6.45, 7) is 1.60. The third-order valence-corrected chi connectivity index (χ3v) is 8.05. The molecule has 0 saturated carbocycles. The van der Waals surface area contributed by atoms with E-state index in [4.69, 9.17) is 4.74 Å². The molecule has 43 heavy (non-hydrogen) atoms. The monoisotopic (exact) mass is 608 g/mol. The maximum absolute atomic E-state index is 13.4. The number of hydrogen-bond donors (Lipinski definition) is 3. The number of amides is 4. The molecule has 0 spiro atoms. The summed E-state index contributed by atoms with van der Waals surface area (Å²) >= 11 is 0. The van der Waals surface area contributed by atoms with Crippen molar-refractivity contribution in [1.29, 1.82) is 0 Å². The smallest absolute Gasteiger partial charge is 0.330 e. The van der Waals surface area contributed by atoms with Crippen LogP contribution in [-0.4, -0.2) is 84.1 Å². The van der Waals surface area contributed by atoms with Gasteiger partial charge in [0, 0.05) is 51.0 Å². The molecule has 0 aliphatic carbocycles. The van der Waals surface area contributed by atoms with Crippen molar-refractivity contribution in [2.45, 2.75) is 12.5 Å². The van der Waals surface area contributed by atoms with Crippen molar-refractivity contribution in [3.05, 3.63) is 90.5 Å². The van der Waals surface area contributed by atoms with Crippen LogP contribution >= 0.6 is 0 Å². The predicted octanol–water partition coefficient (Wildman–Crippen LogP) is 1.75. The van der Waals surface area contributed by atoms with E-state index in [2.05, 4.69) is 14.9 Å². The lowest BCUT2D eigenvalue weighted by atomic mass is 10.0. The second-order valence-electron chi connectivity index (χ2n) is 9.94. The molecule has 12 nitrogen and oxygen atoms in total. The van der Waals surface area contributed by atoms with Gasteiger partial charge in [0.15, 0.2) is 0 Å². The average Bonchev–Trinajstić information content (AvgIpc) is 3.03. The minimum atomic E-state index is -4.40. The number of methoxy groups -OCH3 is 1. The molecular weight excluding hydrogens is 572 g/mol. The molecule has 0 aromatic heterocycles. The second kappa shape index (κ2) is 14.5.